The van der Waals surface area contributed by atoms with Crippen molar-refractivity contribution in [3.63, 3.8) is 0 Å². The van der Waals surface area contributed by atoms with E-state index in [9.17, 15) is 14.9 Å². The highest BCUT2D eigenvalue weighted by molar-refractivity contribution is 8.26. The fourth-order valence-electron chi connectivity index (χ4n) is 4.08. The molecule has 2 aromatic rings. The molecule has 0 aliphatic carbocycles. The van der Waals surface area contributed by atoms with Gasteiger partial charge < -0.3 is 4.90 Å². The molecule has 1 aromatic carbocycles. The highest BCUT2D eigenvalue weighted by Crippen LogP contribution is 2.36. The Bertz CT molecular complexity index is 1220. The van der Waals surface area contributed by atoms with Crippen LogP contribution in [-0.2, 0) is 18.3 Å². The molecule has 4 rings (SSSR count). The van der Waals surface area contributed by atoms with Crippen molar-refractivity contribution < 1.29 is 4.79 Å². The predicted molar refractivity (Wildman–Crippen MR) is 141 cm³/mol. The molecule has 0 unspecified atom stereocenters. The molecule has 2 aliphatic heterocycles. The zero-order chi connectivity index (χ0) is 23.5. The van der Waals surface area contributed by atoms with Gasteiger partial charge >= 0.3 is 0 Å². The van der Waals surface area contributed by atoms with Crippen LogP contribution in [0.5, 0.6) is 0 Å². The van der Waals surface area contributed by atoms with Crippen molar-refractivity contribution in [2.24, 2.45) is 7.05 Å². The normalized spacial score (nSPS) is 17.7. The first kappa shape index (κ1) is 23.6. The quantitative estimate of drug-likeness (QED) is 0.463. The Morgan fingerprint density at radius 2 is 1.88 bits per heavy atom. The Balaban J connectivity index is 1.71. The summed E-state index contributed by atoms with van der Waals surface area (Å²) in [5, 5.41) is 9.62. The maximum Gasteiger partial charge on any atom is 0.270 e. The highest BCUT2D eigenvalue weighted by Gasteiger charge is 2.33. The molecule has 0 saturated carbocycles. The number of pyridine rings is 1. The van der Waals surface area contributed by atoms with Crippen LogP contribution in [0.3, 0.4) is 0 Å². The number of thioether (sulfide) groups is 2. The van der Waals surface area contributed by atoms with Crippen molar-refractivity contribution in [2.75, 3.05) is 36.0 Å². The average Bonchev–Trinajstić information content (AvgIpc) is 3.10. The number of aromatic nitrogens is 1. The van der Waals surface area contributed by atoms with Gasteiger partial charge in [0.2, 0.25) is 0 Å². The number of thiocarbonyl (C=S) groups is 1. The molecule has 0 N–H and O–H groups in total. The zero-order valence-electron chi connectivity index (χ0n) is 18.5. The van der Waals surface area contributed by atoms with E-state index in [4.69, 9.17) is 12.2 Å². The van der Waals surface area contributed by atoms with Crippen LogP contribution >= 0.6 is 35.7 Å². The first-order valence-corrected chi connectivity index (χ1v) is 13.1. The van der Waals surface area contributed by atoms with E-state index in [-0.39, 0.29) is 17.0 Å². The minimum absolute atomic E-state index is 0.110. The summed E-state index contributed by atoms with van der Waals surface area (Å²) in [7, 11) is 1.70. The smallest absolute Gasteiger partial charge is 0.270 e. The summed E-state index contributed by atoms with van der Waals surface area (Å²) in [6.07, 6.45) is 2.53. The predicted octanol–water partition coefficient (Wildman–Crippen LogP) is 3.56. The third-order valence-corrected chi connectivity index (χ3v) is 8.21. The van der Waals surface area contributed by atoms with Crippen molar-refractivity contribution in [3.8, 4) is 6.07 Å². The minimum atomic E-state index is -0.309. The molecule has 33 heavy (non-hydrogen) atoms. The number of benzene rings is 1. The van der Waals surface area contributed by atoms with Crippen molar-refractivity contribution in [2.45, 2.75) is 13.3 Å². The number of hydrogen-bond acceptors (Lipinski definition) is 7. The molecule has 0 bridgehead atoms. The van der Waals surface area contributed by atoms with Crippen LogP contribution < -0.4 is 10.5 Å². The third kappa shape index (κ3) is 4.74. The first-order chi connectivity index (χ1) is 15.9. The van der Waals surface area contributed by atoms with Gasteiger partial charge in [-0.05, 0) is 30.5 Å². The van der Waals surface area contributed by atoms with E-state index in [2.05, 4.69) is 11.0 Å². The fourth-order valence-corrected chi connectivity index (χ4v) is 6.27. The van der Waals surface area contributed by atoms with E-state index in [1.165, 1.54) is 11.8 Å². The molecule has 2 aliphatic rings. The Morgan fingerprint density at radius 1 is 1.18 bits per heavy atom. The van der Waals surface area contributed by atoms with Crippen LogP contribution in [0.25, 0.3) is 6.08 Å². The van der Waals surface area contributed by atoms with Gasteiger partial charge in [0.15, 0.2) is 0 Å². The van der Waals surface area contributed by atoms with E-state index in [0.717, 1.165) is 41.5 Å². The van der Waals surface area contributed by atoms with Gasteiger partial charge in [-0.3, -0.25) is 19.1 Å². The van der Waals surface area contributed by atoms with E-state index in [1.54, 1.807) is 23.4 Å². The standard InChI is InChI=1S/C24H24N4O2S3/c1-16-18(21(27-10-12-32-13-11-27)26(2)22(29)19(16)15-25)14-20-23(30)28(24(31)33-20)9-8-17-6-4-3-5-7-17/h3-7,14H,8-13H2,1-2H3. The Morgan fingerprint density at radius 3 is 2.55 bits per heavy atom. The molecule has 2 fully saturated rings. The van der Waals surface area contributed by atoms with Crippen molar-refractivity contribution in [3.05, 3.63) is 67.8 Å². The van der Waals surface area contributed by atoms with Crippen molar-refractivity contribution in [1.29, 1.82) is 5.26 Å². The van der Waals surface area contributed by atoms with Gasteiger partial charge in [0.25, 0.3) is 11.5 Å². The molecule has 1 aromatic heterocycles. The molecular formula is C24H24N4O2S3. The average molecular weight is 497 g/mol. The second-order valence-electron chi connectivity index (χ2n) is 7.88. The van der Waals surface area contributed by atoms with Crippen LogP contribution in [0.4, 0.5) is 5.82 Å². The number of nitrogens with zero attached hydrogens (tertiary/aromatic N) is 4. The summed E-state index contributed by atoms with van der Waals surface area (Å²) >= 11 is 8.67. The largest absolute Gasteiger partial charge is 0.356 e. The summed E-state index contributed by atoms with van der Waals surface area (Å²) in [5.74, 6) is 2.56. The van der Waals surface area contributed by atoms with Gasteiger partial charge in [-0.1, -0.05) is 54.3 Å². The lowest BCUT2D eigenvalue weighted by atomic mass is 10.0. The van der Waals surface area contributed by atoms with Crippen molar-refractivity contribution >= 4 is 57.9 Å². The molecule has 0 spiro atoms. The molecule has 2 saturated heterocycles. The Kier molecular flexibility index (Phi) is 7.27. The maximum absolute atomic E-state index is 13.2. The number of nitriles is 1. The number of anilines is 1. The second kappa shape index (κ2) is 10.2. The summed E-state index contributed by atoms with van der Waals surface area (Å²) in [5.41, 5.74) is 2.29. The van der Waals surface area contributed by atoms with Gasteiger partial charge in [-0.15, -0.1) is 0 Å². The van der Waals surface area contributed by atoms with E-state index in [1.807, 2.05) is 48.2 Å². The van der Waals surface area contributed by atoms with Gasteiger partial charge in [-0.25, -0.2) is 0 Å². The van der Waals surface area contributed by atoms with Gasteiger partial charge in [0.1, 0.15) is 21.8 Å². The SMILES string of the molecule is Cc1c(C=C2SC(=S)N(CCc3ccccc3)C2=O)c(N2CCSCC2)n(C)c(=O)c1C#N. The summed E-state index contributed by atoms with van der Waals surface area (Å²) in [4.78, 5) is 30.4. The third-order valence-electron chi connectivity index (χ3n) is 5.89. The van der Waals surface area contributed by atoms with E-state index < -0.39 is 0 Å². The van der Waals surface area contributed by atoms with Crippen LogP contribution in [0.1, 0.15) is 22.3 Å². The number of carbonyl (C=O) groups excluding carboxylic acids is 1. The maximum atomic E-state index is 13.2. The van der Waals surface area contributed by atoms with Gasteiger partial charge in [0, 0.05) is 43.8 Å². The van der Waals surface area contributed by atoms with E-state index >= 15 is 0 Å². The molecule has 1 amide bonds. The molecule has 6 nitrogen and oxygen atoms in total. The Labute approximate surface area is 207 Å². The lowest BCUT2D eigenvalue weighted by Gasteiger charge is -2.32. The van der Waals surface area contributed by atoms with E-state index in [0.29, 0.717) is 27.8 Å². The topological polar surface area (TPSA) is 69.3 Å². The first-order valence-electron chi connectivity index (χ1n) is 10.7. The minimum Gasteiger partial charge on any atom is -0.356 e. The highest BCUT2D eigenvalue weighted by atomic mass is 32.2. The molecule has 3 heterocycles. The second-order valence-corrected chi connectivity index (χ2v) is 10.8. The Hall–Kier alpha value is -2.54. The van der Waals surface area contributed by atoms with Gasteiger partial charge in [-0.2, -0.15) is 17.0 Å². The lowest BCUT2D eigenvalue weighted by molar-refractivity contribution is -0.122. The molecule has 0 radical (unpaired) electrons. The summed E-state index contributed by atoms with van der Waals surface area (Å²) in [6, 6.07) is 12.1. The number of carbonyl (C=O) groups is 1. The summed E-state index contributed by atoms with van der Waals surface area (Å²) in [6.45, 7) is 3.91. The van der Waals surface area contributed by atoms with Crippen LogP contribution in [0.15, 0.2) is 40.0 Å². The molecule has 9 heteroatoms. The van der Waals surface area contributed by atoms with Crippen LogP contribution in [0.2, 0.25) is 0 Å². The molecule has 170 valence electrons. The summed E-state index contributed by atoms with van der Waals surface area (Å²) < 4.78 is 2.07. The molecular weight excluding hydrogens is 472 g/mol. The number of hydrogen-bond donors (Lipinski definition) is 0. The van der Waals surface area contributed by atoms with Crippen LogP contribution in [-0.4, -0.2) is 50.8 Å². The monoisotopic (exact) mass is 496 g/mol. The van der Waals surface area contributed by atoms with Crippen LogP contribution in [0, 0.1) is 18.3 Å². The number of rotatable bonds is 5. The fraction of sp³-hybridized carbons (Fsp3) is 0.333. The van der Waals surface area contributed by atoms with Crippen molar-refractivity contribution in [1.82, 2.24) is 9.47 Å². The lowest BCUT2D eigenvalue weighted by Crippen LogP contribution is -2.38. The number of amides is 1. The zero-order valence-corrected chi connectivity index (χ0v) is 21.0. The molecule has 0 atom stereocenters. The van der Waals surface area contributed by atoms with Gasteiger partial charge in [0.05, 0.1) is 4.91 Å².